The fourth-order valence-corrected chi connectivity index (χ4v) is 4.69. The van der Waals surface area contributed by atoms with Crippen molar-refractivity contribution in [2.75, 3.05) is 13.1 Å². The predicted octanol–water partition coefficient (Wildman–Crippen LogP) is 2.16. The molecule has 1 fully saturated rings. The van der Waals surface area contributed by atoms with Gasteiger partial charge in [-0.05, 0) is 37.0 Å². The van der Waals surface area contributed by atoms with Gasteiger partial charge in [0, 0.05) is 31.9 Å². The number of carbonyl (C=O) groups excluding carboxylic acids is 2. The molecule has 0 bridgehead atoms. The van der Waals surface area contributed by atoms with Gasteiger partial charge in [-0.15, -0.1) is 0 Å². The normalized spacial score (nSPS) is 20.5. The number of rotatable bonds is 5. The van der Waals surface area contributed by atoms with Gasteiger partial charge in [-0.3, -0.25) is 19.3 Å². The van der Waals surface area contributed by atoms with Crippen molar-refractivity contribution in [1.29, 1.82) is 0 Å². The lowest BCUT2D eigenvalue weighted by atomic mass is 10.0. The number of nitrogens with zero attached hydrogens (tertiary/aromatic N) is 3. The Hall–Kier alpha value is -3.20. The van der Waals surface area contributed by atoms with Crippen LogP contribution < -0.4 is 10.7 Å². The van der Waals surface area contributed by atoms with Crippen LogP contribution in [-0.2, 0) is 13.1 Å². The molecule has 8 nitrogen and oxygen atoms in total. The van der Waals surface area contributed by atoms with Gasteiger partial charge in [0.05, 0.1) is 6.54 Å². The Morgan fingerprint density at radius 1 is 1.24 bits per heavy atom. The molecule has 1 unspecified atom stereocenters. The van der Waals surface area contributed by atoms with Crippen LogP contribution in [0.1, 0.15) is 53.6 Å². The lowest BCUT2D eigenvalue weighted by molar-refractivity contribution is -0.0366. The Kier molecular flexibility index (Phi) is 6.25. The fraction of sp³-hybridized carbons (Fsp3) is 0.458. The van der Waals surface area contributed by atoms with E-state index in [2.05, 4.69) is 24.1 Å². The van der Waals surface area contributed by atoms with Gasteiger partial charge < -0.3 is 19.9 Å². The molecule has 2 N–H and O–H groups in total. The number of fused-ring (bicyclic) bond motifs is 2. The molecular weight excluding hydrogens is 427 g/mol. The first-order chi connectivity index (χ1) is 15.7. The second-order valence-electron chi connectivity index (χ2n) is 9.25. The van der Waals surface area contributed by atoms with Crippen molar-refractivity contribution in [2.24, 2.45) is 5.92 Å². The summed E-state index contributed by atoms with van der Waals surface area (Å²) in [6, 6.07) is 5.62. The number of hydrogen-bond donors (Lipinski definition) is 2. The third-order valence-electron chi connectivity index (χ3n) is 6.32. The molecule has 2 amide bonds. The predicted molar refractivity (Wildman–Crippen MR) is 120 cm³/mol. The van der Waals surface area contributed by atoms with Crippen molar-refractivity contribution < 1.29 is 19.1 Å². The molecule has 9 heteroatoms. The van der Waals surface area contributed by atoms with Crippen molar-refractivity contribution in [3.05, 3.63) is 63.3 Å². The number of amides is 2. The summed E-state index contributed by atoms with van der Waals surface area (Å²) in [5, 5.41) is 13.3. The summed E-state index contributed by atoms with van der Waals surface area (Å²) in [6.45, 7) is 8.31. The summed E-state index contributed by atoms with van der Waals surface area (Å²) >= 11 is 0. The number of benzene rings is 1. The molecule has 0 radical (unpaired) electrons. The Morgan fingerprint density at radius 3 is 2.61 bits per heavy atom. The average molecular weight is 457 g/mol. The molecule has 2 aromatic rings. The highest BCUT2D eigenvalue weighted by atomic mass is 19.1. The van der Waals surface area contributed by atoms with Crippen molar-refractivity contribution in [2.45, 2.75) is 52.5 Å². The minimum atomic E-state index is -0.881. The van der Waals surface area contributed by atoms with Crippen molar-refractivity contribution in [3.63, 3.8) is 0 Å². The van der Waals surface area contributed by atoms with Crippen LogP contribution in [0.5, 0.6) is 5.75 Å². The topological polar surface area (TPSA) is 94.9 Å². The van der Waals surface area contributed by atoms with Crippen molar-refractivity contribution in [1.82, 2.24) is 19.7 Å². The van der Waals surface area contributed by atoms with Crippen molar-refractivity contribution in [3.8, 4) is 5.75 Å². The van der Waals surface area contributed by atoms with E-state index < -0.39 is 23.0 Å². The molecule has 1 aromatic carbocycles. The largest absolute Gasteiger partial charge is 0.503 e. The standard InChI is InChI=1S/C24H29FN4O4/c1-14(2)11-27-9-8-15(3)29-19(27)13-28-12-18(21(30)22(31)20(28)24(29)33)23(32)26-10-16-4-6-17(25)7-5-16/h4-7,12,14-15,19,31H,8-11,13H2,1-3H3,(H,26,32)/t15-,19?/m1/s1. The SMILES string of the molecule is CC(C)CN1CC[C@@H](C)N2C(=O)c3c(O)c(=O)c(C(=O)NCc4ccc(F)cc4)cn3CC12. The van der Waals surface area contributed by atoms with Crippen LogP contribution >= 0.6 is 0 Å². The molecule has 33 heavy (non-hydrogen) atoms. The first-order valence-corrected chi connectivity index (χ1v) is 11.2. The van der Waals surface area contributed by atoms with Crippen LogP contribution in [-0.4, -0.2) is 56.6 Å². The molecule has 1 aromatic heterocycles. The van der Waals surface area contributed by atoms with E-state index in [1.54, 1.807) is 4.90 Å². The lowest BCUT2D eigenvalue weighted by Gasteiger charge is -2.50. The Balaban J connectivity index is 1.64. The van der Waals surface area contributed by atoms with Crippen LogP contribution in [0.15, 0.2) is 35.3 Å². The van der Waals surface area contributed by atoms with Gasteiger partial charge in [0.1, 0.15) is 17.5 Å². The second kappa shape index (κ2) is 8.97. The maximum Gasteiger partial charge on any atom is 0.276 e. The summed E-state index contributed by atoms with van der Waals surface area (Å²) in [7, 11) is 0. The summed E-state index contributed by atoms with van der Waals surface area (Å²) < 4.78 is 14.6. The summed E-state index contributed by atoms with van der Waals surface area (Å²) in [5.41, 5.74) is -0.532. The molecule has 1 saturated heterocycles. The molecule has 4 rings (SSSR count). The van der Waals surface area contributed by atoms with Crippen LogP contribution in [0.2, 0.25) is 0 Å². The second-order valence-corrected chi connectivity index (χ2v) is 9.25. The van der Waals surface area contributed by atoms with E-state index in [0.29, 0.717) is 18.0 Å². The Labute approximate surface area is 191 Å². The number of hydrogen-bond acceptors (Lipinski definition) is 5. The summed E-state index contributed by atoms with van der Waals surface area (Å²) in [4.78, 5) is 42.9. The number of aromatic hydroxyl groups is 1. The van der Waals surface area contributed by atoms with Gasteiger partial charge in [0.2, 0.25) is 5.43 Å². The van der Waals surface area contributed by atoms with E-state index in [1.807, 2.05) is 6.92 Å². The van der Waals surface area contributed by atoms with Gasteiger partial charge >= 0.3 is 0 Å². The van der Waals surface area contributed by atoms with Crippen LogP contribution in [0.3, 0.4) is 0 Å². The van der Waals surface area contributed by atoms with Crippen LogP contribution in [0.4, 0.5) is 4.39 Å². The zero-order chi connectivity index (χ0) is 23.9. The maximum absolute atomic E-state index is 13.3. The molecule has 0 spiro atoms. The van der Waals surface area contributed by atoms with Gasteiger partial charge in [-0.1, -0.05) is 26.0 Å². The first kappa shape index (κ1) is 23.0. The molecule has 3 heterocycles. The Bertz CT molecular complexity index is 1130. The lowest BCUT2D eigenvalue weighted by Crippen LogP contribution is -2.64. The van der Waals surface area contributed by atoms with Gasteiger partial charge in [0.25, 0.3) is 11.8 Å². The number of carbonyl (C=O) groups is 2. The summed E-state index contributed by atoms with van der Waals surface area (Å²) in [5.74, 6) is -1.75. The maximum atomic E-state index is 13.3. The smallest absolute Gasteiger partial charge is 0.276 e. The highest BCUT2D eigenvalue weighted by Gasteiger charge is 2.43. The zero-order valence-electron chi connectivity index (χ0n) is 19.0. The van der Waals surface area contributed by atoms with Gasteiger partial charge in [0.15, 0.2) is 11.4 Å². The van der Waals surface area contributed by atoms with E-state index in [9.17, 15) is 23.9 Å². The van der Waals surface area contributed by atoms with E-state index in [4.69, 9.17) is 0 Å². The van der Waals surface area contributed by atoms with Crippen LogP contribution in [0, 0.1) is 11.7 Å². The third-order valence-corrected chi connectivity index (χ3v) is 6.32. The van der Waals surface area contributed by atoms with E-state index in [0.717, 1.165) is 19.5 Å². The number of aromatic nitrogens is 1. The fourth-order valence-electron chi connectivity index (χ4n) is 4.69. The molecule has 2 aliphatic heterocycles. The van der Waals surface area contributed by atoms with Gasteiger partial charge in [-0.2, -0.15) is 0 Å². The molecule has 0 saturated carbocycles. The number of pyridine rings is 1. The highest BCUT2D eigenvalue weighted by molar-refractivity contribution is 5.99. The van der Waals surface area contributed by atoms with E-state index >= 15 is 0 Å². The number of halogens is 1. The molecular formula is C24H29FN4O4. The minimum Gasteiger partial charge on any atom is -0.503 e. The summed E-state index contributed by atoms with van der Waals surface area (Å²) in [6.07, 6.45) is 1.96. The van der Waals surface area contributed by atoms with Gasteiger partial charge in [-0.25, -0.2) is 4.39 Å². The van der Waals surface area contributed by atoms with E-state index in [1.165, 1.54) is 35.0 Å². The quantitative estimate of drug-likeness (QED) is 0.719. The third kappa shape index (κ3) is 4.37. The minimum absolute atomic E-state index is 0.0205. The monoisotopic (exact) mass is 456 g/mol. The average Bonchev–Trinajstić information content (AvgIpc) is 2.77. The molecule has 2 atom stereocenters. The Morgan fingerprint density at radius 2 is 1.94 bits per heavy atom. The highest BCUT2D eigenvalue weighted by Crippen LogP contribution is 2.31. The zero-order valence-corrected chi connectivity index (χ0v) is 19.0. The molecule has 0 aliphatic carbocycles. The number of nitrogens with one attached hydrogen (secondary N) is 1. The molecule has 176 valence electrons. The molecule has 2 aliphatic rings. The van der Waals surface area contributed by atoms with E-state index in [-0.39, 0.29) is 35.8 Å². The van der Waals surface area contributed by atoms with Crippen molar-refractivity contribution >= 4 is 11.8 Å². The van der Waals surface area contributed by atoms with Crippen LogP contribution in [0.25, 0.3) is 0 Å². The first-order valence-electron chi connectivity index (χ1n) is 11.2.